The van der Waals surface area contributed by atoms with Crippen LogP contribution in [0.2, 0.25) is 0 Å². The van der Waals surface area contributed by atoms with Gasteiger partial charge in [0, 0.05) is 19.4 Å². The third-order valence-electron chi connectivity index (χ3n) is 4.75. The maximum Gasteiger partial charge on any atom is 0.220 e. The molecule has 2 aromatic rings. The van der Waals surface area contributed by atoms with Gasteiger partial charge in [-0.25, -0.2) is 13.8 Å². The van der Waals surface area contributed by atoms with Crippen molar-refractivity contribution in [2.24, 2.45) is 0 Å². The molecule has 1 aromatic carbocycles. The Kier molecular flexibility index (Phi) is 6.92. The van der Waals surface area contributed by atoms with Gasteiger partial charge in [-0.1, -0.05) is 12.5 Å². The van der Waals surface area contributed by atoms with E-state index in [-0.39, 0.29) is 36.0 Å². The molecule has 1 aliphatic heterocycles. The summed E-state index contributed by atoms with van der Waals surface area (Å²) in [6, 6.07) is 3.62. The second kappa shape index (κ2) is 9.60. The molecule has 3 rings (SSSR count). The predicted molar refractivity (Wildman–Crippen MR) is 98.1 cm³/mol. The zero-order valence-corrected chi connectivity index (χ0v) is 15.3. The number of hydrogen-bond donors (Lipinski definition) is 1. The van der Waals surface area contributed by atoms with Crippen LogP contribution in [0.5, 0.6) is 0 Å². The highest BCUT2D eigenvalue weighted by Gasteiger charge is 2.16. The fraction of sp³-hybridized carbons (Fsp3) is 0.500. The molecular weight excluding hydrogens is 352 g/mol. The number of nitrogens with one attached hydrogen (secondary N) is 1. The van der Waals surface area contributed by atoms with E-state index >= 15 is 0 Å². The lowest BCUT2D eigenvalue weighted by atomic mass is 10.1. The minimum Gasteiger partial charge on any atom is -0.441 e. The first-order valence-corrected chi connectivity index (χ1v) is 9.51. The molecule has 1 amide bonds. The van der Waals surface area contributed by atoms with Crippen molar-refractivity contribution in [3.8, 4) is 11.3 Å². The Morgan fingerprint density at radius 2 is 1.93 bits per heavy atom. The van der Waals surface area contributed by atoms with Gasteiger partial charge in [-0.3, -0.25) is 4.79 Å². The number of carbonyl (C=O) groups excluding carboxylic acids is 1. The van der Waals surface area contributed by atoms with Crippen LogP contribution in [-0.4, -0.2) is 42.0 Å². The Bertz CT molecular complexity index is 737. The third kappa shape index (κ3) is 5.60. The molecule has 1 fully saturated rings. The number of halogens is 2. The summed E-state index contributed by atoms with van der Waals surface area (Å²) in [5.74, 6) is -1.17. The van der Waals surface area contributed by atoms with Crippen LogP contribution in [0.15, 0.2) is 28.8 Å². The molecule has 1 N–H and O–H groups in total. The molecule has 146 valence electrons. The maximum atomic E-state index is 13.8. The number of carbonyl (C=O) groups is 1. The summed E-state index contributed by atoms with van der Waals surface area (Å²) in [5, 5.41) is 2.89. The average Bonchev–Trinajstić information content (AvgIpc) is 3.13. The number of amides is 1. The number of rotatable bonds is 8. The third-order valence-corrected chi connectivity index (χ3v) is 4.75. The number of aromatic nitrogens is 1. The lowest BCUT2D eigenvalue weighted by molar-refractivity contribution is -0.121. The Morgan fingerprint density at radius 3 is 2.67 bits per heavy atom. The van der Waals surface area contributed by atoms with Gasteiger partial charge in [0.15, 0.2) is 11.7 Å². The van der Waals surface area contributed by atoms with Crippen molar-refractivity contribution in [2.45, 2.75) is 38.5 Å². The van der Waals surface area contributed by atoms with Crippen molar-refractivity contribution in [3.05, 3.63) is 41.9 Å². The summed E-state index contributed by atoms with van der Waals surface area (Å²) in [4.78, 5) is 18.4. The first-order chi connectivity index (χ1) is 13.1. The van der Waals surface area contributed by atoms with Crippen molar-refractivity contribution < 1.29 is 18.0 Å². The molecule has 0 atom stereocenters. The van der Waals surface area contributed by atoms with Crippen molar-refractivity contribution in [1.29, 1.82) is 0 Å². The quantitative estimate of drug-likeness (QED) is 0.715. The molecule has 1 saturated heterocycles. The van der Waals surface area contributed by atoms with Gasteiger partial charge >= 0.3 is 0 Å². The van der Waals surface area contributed by atoms with Gasteiger partial charge in [-0.05, 0) is 51.0 Å². The lowest BCUT2D eigenvalue weighted by Crippen LogP contribution is -2.33. The minimum absolute atomic E-state index is 0.0301. The number of piperidine rings is 1. The van der Waals surface area contributed by atoms with Gasteiger partial charge in [-0.2, -0.15) is 0 Å². The fourth-order valence-corrected chi connectivity index (χ4v) is 3.30. The number of oxazole rings is 1. The van der Waals surface area contributed by atoms with E-state index in [2.05, 4.69) is 15.2 Å². The summed E-state index contributed by atoms with van der Waals surface area (Å²) < 4.78 is 33.0. The van der Waals surface area contributed by atoms with E-state index in [1.54, 1.807) is 0 Å². The SMILES string of the molecule is O=C(CCc1ncc(-c2c(F)cccc2F)o1)NCCCN1CCCCC1. The zero-order valence-electron chi connectivity index (χ0n) is 15.3. The monoisotopic (exact) mass is 377 g/mol. The average molecular weight is 377 g/mol. The van der Waals surface area contributed by atoms with E-state index in [1.807, 2.05) is 0 Å². The fourth-order valence-electron chi connectivity index (χ4n) is 3.30. The highest BCUT2D eigenvalue weighted by Crippen LogP contribution is 2.26. The van der Waals surface area contributed by atoms with E-state index < -0.39 is 11.6 Å². The smallest absolute Gasteiger partial charge is 0.220 e. The molecule has 7 heteroatoms. The standard InChI is InChI=1S/C20H25F2N3O2/c21-15-6-4-7-16(22)20(15)17-14-24-19(27-17)9-8-18(26)23-10-5-13-25-11-2-1-3-12-25/h4,6-7,14H,1-3,5,8-13H2,(H,23,26). The van der Waals surface area contributed by atoms with E-state index in [1.165, 1.54) is 31.5 Å². The van der Waals surface area contributed by atoms with Gasteiger partial charge in [0.2, 0.25) is 5.91 Å². The largest absolute Gasteiger partial charge is 0.441 e. The lowest BCUT2D eigenvalue weighted by Gasteiger charge is -2.26. The molecule has 0 spiro atoms. The van der Waals surface area contributed by atoms with E-state index in [0.29, 0.717) is 6.54 Å². The Labute approximate surface area is 157 Å². The summed E-state index contributed by atoms with van der Waals surface area (Å²) in [6.45, 7) is 3.97. The topological polar surface area (TPSA) is 58.4 Å². The number of aryl methyl sites for hydroxylation is 1. The van der Waals surface area contributed by atoms with Crippen LogP contribution in [0, 0.1) is 11.6 Å². The van der Waals surface area contributed by atoms with Crippen LogP contribution >= 0.6 is 0 Å². The van der Waals surface area contributed by atoms with E-state index in [9.17, 15) is 13.6 Å². The van der Waals surface area contributed by atoms with Gasteiger partial charge < -0.3 is 14.6 Å². The minimum atomic E-state index is -0.704. The van der Waals surface area contributed by atoms with Crippen LogP contribution in [0.25, 0.3) is 11.3 Å². The van der Waals surface area contributed by atoms with Gasteiger partial charge in [0.25, 0.3) is 0 Å². The summed E-state index contributed by atoms with van der Waals surface area (Å²) >= 11 is 0. The van der Waals surface area contributed by atoms with Gasteiger partial charge in [-0.15, -0.1) is 0 Å². The van der Waals surface area contributed by atoms with Crippen LogP contribution in [0.1, 0.15) is 38.0 Å². The molecule has 0 aliphatic carbocycles. The highest BCUT2D eigenvalue weighted by molar-refractivity contribution is 5.76. The molecule has 27 heavy (non-hydrogen) atoms. The predicted octanol–water partition coefficient (Wildman–Crippen LogP) is 3.54. The first-order valence-electron chi connectivity index (χ1n) is 9.51. The molecule has 2 heterocycles. The summed E-state index contributed by atoms with van der Waals surface area (Å²) in [6.07, 6.45) is 6.58. The van der Waals surface area contributed by atoms with Crippen molar-refractivity contribution in [2.75, 3.05) is 26.2 Å². The molecule has 0 saturated carbocycles. The molecule has 1 aliphatic rings. The Morgan fingerprint density at radius 1 is 1.19 bits per heavy atom. The van der Waals surface area contributed by atoms with Gasteiger partial charge in [0.1, 0.15) is 11.6 Å². The molecular formula is C20H25F2N3O2. The van der Waals surface area contributed by atoms with E-state index in [4.69, 9.17) is 4.42 Å². The number of likely N-dealkylation sites (tertiary alicyclic amines) is 1. The molecule has 1 aromatic heterocycles. The van der Waals surface area contributed by atoms with Crippen molar-refractivity contribution in [3.63, 3.8) is 0 Å². The summed E-state index contributed by atoms with van der Waals surface area (Å²) in [5.41, 5.74) is -0.238. The van der Waals surface area contributed by atoms with Crippen LogP contribution in [0.4, 0.5) is 8.78 Å². The Balaban J connectivity index is 1.40. The van der Waals surface area contributed by atoms with Crippen LogP contribution in [-0.2, 0) is 11.2 Å². The maximum absolute atomic E-state index is 13.8. The Hall–Kier alpha value is -2.28. The second-order valence-electron chi connectivity index (χ2n) is 6.82. The zero-order chi connectivity index (χ0) is 19.1. The molecule has 0 bridgehead atoms. The normalized spacial score (nSPS) is 15.0. The molecule has 0 unspecified atom stereocenters. The molecule has 0 radical (unpaired) electrons. The first kappa shape index (κ1) is 19.5. The van der Waals surface area contributed by atoms with Crippen molar-refractivity contribution in [1.82, 2.24) is 15.2 Å². The number of hydrogen-bond acceptors (Lipinski definition) is 4. The van der Waals surface area contributed by atoms with Crippen LogP contribution < -0.4 is 5.32 Å². The number of nitrogens with zero attached hydrogens (tertiary/aromatic N) is 2. The summed E-state index contributed by atoms with van der Waals surface area (Å²) in [7, 11) is 0. The van der Waals surface area contributed by atoms with Crippen LogP contribution in [0.3, 0.4) is 0 Å². The van der Waals surface area contributed by atoms with E-state index in [0.717, 1.165) is 38.2 Å². The second-order valence-corrected chi connectivity index (χ2v) is 6.82. The number of benzene rings is 1. The molecule has 5 nitrogen and oxygen atoms in total. The van der Waals surface area contributed by atoms with Gasteiger partial charge in [0.05, 0.1) is 11.8 Å². The highest BCUT2D eigenvalue weighted by atomic mass is 19.1. The van der Waals surface area contributed by atoms with Crippen molar-refractivity contribution >= 4 is 5.91 Å².